The van der Waals surface area contributed by atoms with E-state index in [-0.39, 0.29) is 0 Å². The monoisotopic (exact) mass is 1280 g/mol. The van der Waals surface area contributed by atoms with Gasteiger partial charge in [0.15, 0.2) is 6.61 Å². The van der Waals surface area contributed by atoms with Gasteiger partial charge in [0.25, 0.3) is 0 Å². The molecule has 1 aromatic heterocycles. The van der Waals surface area contributed by atoms with E-state index < -0.39 is 207 Å². The summed E-state index contributed by atoms with van der Waals surface area (Å²) in [5.74, 6) is 0. The minimum atomic E-state index is -6.13. The molecule has 86 heavy (non-hydrogen) atoms. The van der Waals surface area contributed by atoms with Gasteiger partial charge >= 0.3 is 55.6 Å². The summed E-state index contributed by atoms with van der Waals surface area (Å²) >= 11 is 0. The van der Waals surface area contributed by atoms with Crippen LogP contribution in [-0.2, 0) is 49.4 Å². The standard InChI is InChI=1S/C32H12BF24.C24H41F3NO/c34-25(35,36)13-1-14(26(37,38)39)6-21(5-13)33(22-7-15(27(40,41)42)2-16(8-22)28(43,44)45,23-9-17(29(46,47)48)3-18(10-23)30(49,50)51)24-11-19(31(52,53)54)4-20(12-24)32(55,56)57;25-24(26,27)20-16-13-11-9-7-5-3-1-2-4-6-8-10-12-14-19-23-29-28-21-17-15-18-22-28/h1-12H;15,17-18,21-22H,1-14,16,19-20,23H2/q-1;+1. The lowest BCUT2D eigenvalue weighted by Gasteiger charge is -2.46. The van der Waals surface area contributed by atoms with E-state index in [0.29, 0.717) is 6.42 Å². The predicted octanol–water partition coefficient (Wildman–Crippen LogP) is 18.8. The predicted molar refractivity (Wildman–Crippen MR) is 263 cm³/mol. The fourth-order valence-electron chi connectivity index (χ4n) is 9.61. The Morgan fingerprint density at radius 3 is 0.651 bits per heavy atom. The summed E-state index contributed by atoms with van der Waals surface area (Å²) in [6.45, 7) is 0.780. The van der Waals surface area contributed by atoms with Crippen LogP contribution in [0.15, 0.2) is 103 Å². The number of pyridine rings is 1. The zero-order chi connectivity index (χ0) is 65.0. The molecular weight excluding hydrogens is 1230 g/mol. The third-order valence-electron chi connectivity index (χ3n) is 13.7. The van der Waals surface area contributed by atoms with E-state index in [9.17, 15) is 119 Å². The van der Waals surface area contributed by atoms with E-state index >= 15 is 0 Å². The van der Waals surface area contributed by atoms with Crippen molar-refractivity contribution in [2.45, 2.75) is 165 Å². The second-order valence-electron chi connectivity index (χ2n) is 20.3. The Kier molecular flexibility index (Phi) is 24.3. The molecular formula is C56H53BF27NO. The van der Waals surface area contributed by atoms with Gasteiger partial charge in [0.05, 0.1) is 44.5 Å². The van der Waals surface area contributed by atoms with E-state index in [1.165, 1.54) is 70.6 Å². The van der Waals surface area contributed by atoms with Crippen LogP contribution < -0.4 is 31.4 Å². The van der Waals surface area contributed by atoms with Crippen LogP contribution in [0.25, 0.3) is 0 Å². The van der Waals surface area contributed by atoms with Gasteiger partial charge in [-0.15, -0.1) is 0 Å². The maximum atomic E-state index is 14.2. The molecule has 0 amide bonds. The number of benzene rings is 4. The van der Waals surface area contributed by atoms with Crippen LogP contribution in [0.4, 0.5) is 119 Å². The second-order valence-corrected chi connectivity index (χ2v) is 20.3. The van der Waals surface area contributed by atoms with Gasteiger partial charge in [0, 0.05) is 23.3 Å². The van der Waals surface area contributed by atoms with E-state index in [2.05, 4.69) is 0 Å². The normalized spacial score (nSPS) is 13.4. The number of halogens is 27. The van der Waals surface area contributed by atoms with Crippen molar-refractivity contribution in [2.24, 2.45) is 0 Å². The molecule has 30 heteroatoms. The Morgan fingerprint density at radius 2 is 0.453 bits per heavy atom. The highest BCUT2D eigenvalue weighted by molar-refractivity contribution is 7.20. The topological polar surface area (TPSA) is 13.1 Å². The van der Waals surface area contributed by atoms with E-state index in [4.69, 9.17) is 4.84 Å². The first-order valence-electron chi connectivity index (χ1n) is 26.4. The molecule has 0 aliphatic rings. The number of aromatic nitrogens is 1. The summed E-state index contributed by atoms with van der Waals surface area (Å²) in [7, 11) is 0. The Balaban J connectivity index is 0.000000459. The van der Waals surface area contributed by atoms with Crippen molar-refractivity contribution in [3.63, 3.8) is 0 Å². The maximum absolute atomic E-state index is 14.2. The van der Waals surface area contributed by atoms with E-state index in [1.54, 1.807) is 4.73 Å². The summed E-state index contributed by atoms with van der Waals surface area (Å²) in [4.78, 5) is 5.62. The molecule has 0 radical (unpaired) electrons. The van der Waals surface area contributed by atoms with Crippen molar-refractivity contribution in [3.8, 4) is 0 Å². The minimum absolute atomic E-state index is 0.296. The van der Waals surface area contributed by atoms with Crippen LogP contribution in [0, 0.1) is 0 Å². The maximum Gasteiger partial charge on any atom is 0.416 e. The highest BCUT2D eigenvalue weighted by Gasteiger charge is 2.47. The number of rotatable bonds is 23. The molecule has 0 saturated carbocycles. The van der Waals surface area contributed by atoms with Gasteiger partial charge in [-0.25, -0.2) is 0 Å². The Labute approximate surface area is 474 Å². The van der Waals surface area contributed by atoms with Crippen molar-refractivity contribution >= 4 is 28.0 Å². The van der Waals surface area contributed by atoms with Crippen molar-refractivity contribution in [1.82, 2.24) is 0 Å². The SMILES string of the molecule is FC(F)(F)CCCCCCCCCCCCCCCCCCO[n+]1ccccc1.FC(F)(F)c1cc([B-](c2cc(C(F)(F)F)cc(C(F)(F)F)c2)(c2cc(C(F)(F)F)cc(C(F)(F)F)c2)c2cc(C(F)(F)F)cc(C(F)(F)F)c2)cc(C(F)(F)F)c1. The molecule has 0 fully saturated rings. The first-order valence-corrected chi connectivity index (χ1v) is 26.4. The number of nitrogens with zero attached hydrogens (tertiary/aromatic N) is 1. The number of hydrogen-bond acceptors (Lipinski definition) is 1. The molecule has 0 N–H and O–H groups in total. The molecule has 0 aliphatic carbocycles. The van der Waals surface area contributed by atoms with Gasteiger partial charge in [0.1, 0.15) is 6.15 Å². The molecule has 0 aliphatic heterocycles. The fraction of sp³-hybridized carbons (Fsp3) is 0.482. The zero-order valence-corrected chi connectivity index (χ0v) is 44.7. The fourth-order valence-corrected chi connectivity index (χ4v) is 9.61. The van der Waals surface area contributed by atoms with Gasteiger partial charge in [-0.3, -0.25) is 4.84 Å². The van der Waals surface area contributed by atoms with Crippen LogP contribution in [0.3, 0.4) is 0 Å². The molecule has 0 bridgehead atoms. The lowest BCUT2D eigenvalue weighted by atomic mass is 9.12. The van der Waals surface area contributed by atoms with Crippen molar-refractivity contribution in [2.75, 3.05) is 6.61 Å². The molecule has 0 atom stereocenters. The molecule has 5 rings (SSSR count). The smallest absolute Gasteiger partial charge is 0.271 e. The van der Waals surface area contributed by atoms with Crippen LogP contribution in [0.1, 0.15) is 154 Å². The average molecular weight is 1280 g/mol. The molecule has 5 aromatic rings. The molecule has 0 spiro atoms. The van der Waals surface area contributed by atoms with Crippen LogP contribution in [-0.4, -0.2) is 18.9 Å². The number of unbranched alkanes of at least 4 members (excludes halogenated alkanes) is 15. The van der Waals surface area contributed by atoms with E-state index in [1.807, 2.05) is 30.6 Å². The van der Waals surface area contributed by atoms with Crippen LogP contribution >= 0.6 is 0 Å². The molecule has 2 nitrogen and oxygen atoms in total. The summed E-state index contributed by atoms with van der Waals surface area (Å²) in [5.41, 5.74) is -30.2. The average Bonchev–Trinajstić information content (AvgIpc) is 0.808. The molecule has 4 aromatic carbocycles. The van der Waals surface area contributed by atoms with Gasteiger partial charge in [0.2, 0.25) is 12.4 Å². The zero-order valence-electron chi connectivity index (χ0n) is 44.7. The molecule has 1 heterocycles. The van der Waals surface area contributed by atoms with Gasteiger partial charge < -0.3 is 0 Å². The van der Waals surface area contributed by atoms with Gasteiger partial charge in [-0.05, 0) is 43.5 Å². The second kappa shape index (κ2) is 28.9. The lowest BCUT2D eigenvalue weighted by molar-refractivity contribution is -0.891. The quantitative estimate of drug-likeness (QED) is 0.0275. The Morgan fingerprint density at radius 1 is 0.256 bits per heavy atom. The third kappa shape index (κ3) is 22.0. The van der Waals surface area contributed by atoms with Gasteiger partial charge in [-0.1, -0.05) is 138 Å². The molecule has 0 unspecified atom stereocenters. The van der Waals surface area contributed by atoms with Crippen LogP contribution in [0.2, 0.25) is 0 Å². The van der Waals surface area contributed by atoms with E-state index in [0.717, 1.165) is 32.3 Å². The first kappa shape index (κ1) is 72.5. The molecule has 0 saturated heterocycles. The Hall–Kier alpha value is -6.00. The summed E-state index contributed by atoms with van der Waals surface area (Å²) in [5, 5.41) is 0. The molecule has 480 valence electrons. The summed E-state index contributed by atoms with van der Waals surface area (Å²) in [6.07, 6.45) is -37.2. The lowest BCUT2D eigenvalue weighted by Crippen LogP contribution is -2.75. The van der Waals surface area contributed by atoms with Gasteiger partial charge in [-0.2, -0.15) is 140 Å². The van der Waals surface area contributed by atoms with Crippen LogP contribution in [0.5, 0.6) is 0 Å². The number of hydrogen-bond donors (Lipinski definition) is 0. The summed E-state index contributed by atoms with van der Waals surface area (Å²) in [6, 6.07) is -2.90. The van der Waals surface area contributed by atoms with Crippen molar-refractivity contribution in [1.29, 1.82) is 0 Å². The minimum Gasteiger partial charge on any atom is -0.271 e. The number of alkyl halides is 27. The summed E-state index contributed by atoms with van der Waals surface area (Å²) < 4.78 is 379. The third-order valence-corrected chi connectivity index (χ3v) is 13.7. The first-order chi connectivity index (χ1) is 39.3. The van der Waals surface area contributed by atoms with Crippen molar-refractivity contribution < 1.29 is 128 Å². The van der Waals surface area contributed by atoms with Crippen molar-refractivity contribution in [3.05, 3.63) is 148 Å². The highest BCUT2D eigenvalue weighted by Crippen LogP contribution is 2.42. The Bertz CT molecular complexity index is 2470. The highest BCUT2D eigenvalue weighted by atomic mass is 19.4. The largest absolute Gasteiger partial charge is 0.416 e.